The van der Waals surface area contributed by atoms with Crippen LogP contribution in [0.5, 0.6) is 0 Å². The van der Waals surface area contributed by atoms with Gasteiger partial charge in [0.15, 0.2) is 0 Å². The van der Waals surface area contributed by atoms with Crippen LogP contribution in [0.2, 0.25) is 0 Å². The summed E-state index contributed by atoms with van der Waals surface area (Å²) in [4.78, 5) is 30.1. The number of carbonyl (C=O) groups excluding carboxylic acids is 2. The maximum absolute atomic E-state index is 12.2. The summed E-state index contributed by atoms with van der Waals surface area (Å²) in [7, 11) is 0. The Labute approximate surface area is 211 Å². The summed E-state index contributed by atoms with van der Waals surface area (Å²) in [5.41, 5.74) is 5.54. The summed E-state index contributed by atoms with van der Waals surface area (Å²) < 4.78 is 0. The van der Waals surface area contributed by atoms with Crippen molar-refractivity contribution in [3.05, 3.63) is 41.0 Å². The van der Waals surface area contributed by atoms with Gasteiger partial charge in [0.05, 0.1) is 16.1 Å². The van der Waals surface area contributed by atoms with Gasteiger partial charge in [-0.2, -0.15) is 0 Å². The van der Waals surface area contributed by atoms with Gasteiger partial charge in [0, 0.05) is 13.1 Å². The van der Waals surface area contributed by atoms with Crippen LogP contribution in [0, 0.1) is 24.2 Å². The lowest BCUT2D eigenvalue weighted by Crippen LogP contribution is -2.42. The number of carbonyl (C=O) groups is 2. The molecule has 6 heteroatoms. The average Bonchev–Trinajstić information content (AvgIpc) is 3.47. The van der Waals surface area contributed by atoms with Crippen molar-refractivity contribution in [2.75, 3.05) is 6.54 Å². The minimum absolute atomic E-state index is 0.0722. The van der Waals surface area contributed by atoms with E-state index in [0.29, 0.717) is 18.5 Å². The standard InChI is InChI=1S/C17H19N3O2S.C9H20.C2H6/c1-12-16(23-10-19-12)14-6-4-13(5-7-14)9-18-17(22)15-3-2-8-20(15)11-21;1-7(2)8(3)9(4,5)6;1-2/h4-7,10-11,15H,2-3,8-9H2,1H3,(H,18,22);7-8H,1-6H3;1-2H3. The summed E-state index contributed by atoms with van der Waals surface area (Å²) in [6.07, 6.45) is 2.40. The van der Waals surface area contributed by atoms with Gasteiger partial charge in [-0.05, 0) is 48.1 Å². The van der Waals surface area contributed by atoms with Gasteiger partial charge in [-0.3, -0.25) is 9.59 Å². The third kappa shape index (κ3) is 8.86. The maximum atomic E-state index is 12.2. The highest BCUT2D eigenvalue weighted by molar-refractivity contribution is 7.13. The molecule has 5 nitrogen and oxygen atoms in total. The number of aryl methyl sites for hydroxylation is 1. The van der Waals surface area contributed by atoms with Crippen molar-refractivity contribution in [3.63, 3.8) is 0 Å². The smallest absolute Gasteiger partial charge is 0.243 e. The van der Waals surface area contributed by atoms with E-state index in [1.54, 1.807) is 16.2 Å². The normalized spacial score (nSPS) is 16.2. The van der Waals surface area contributed by atoms with Crippen LogP contribution >= 0.6 is 11.3 Å². The van der Waals surface area contributed by atoms with Crippen molar-refractivity contribution in [2.45, 2.75) is 87.7 Å². The number of hydrogen-bond acceptors (Lipinski definition) is 4. The Kier molecular flexibility index (Phi) is 12.5. The van der Waals surface area contributed by atoms with E-state index in [2.05, 4.69) is 64.0 Å². The molecule has 1 aromatic carbocycles. The molecule has 190 valence electrons. The molecule has 2 aromatic rings. The fourth-order valence-electron chi connectivity index (χ4n) is 3.86. The number of aromatic nitrogens is 1. The van der Waals surface area contributed by atoms with Crippen LogP contribution in [0.15, 0.2) is 29.8 Å². The fourth-order valence-corrected chi connectivity index (χ4v) is 4.67. The number of amides is 2. The lowest BCUT2D eigenvalue weighted by atomic mass is 9.76. The quantitative estimate of drug-likeness (QED) is 0.461. The first kappa shape index (κ1) is 29.8. The predicted octanol–water partition coefficient (Wildman–Crippen LogP) is 6.71. The Hall–Kier alpha value is -2.21. The molecule has 1 aliphatic rings. The van der Waals surface area contributed by atoms with Crippen molar-refractivity contribution in [1.29, 1.82) is 0 Å². The molecule has 0 saturated carbocycles. The van der Waals surface area contributed by atoms with Gasteiger partial charge in [0.1, 0.15) is 6.04 Å². The van der Waals surface area contributed by atoms with Crippen molar-refractivity contribution >= 4 is 23.7 Å². The highest BCUT2D eigenvalue weighted by Gasteiger charge is 2.29. The van der Waals surface area contributed by atoms with Crippen molar-refractivity contribution < 1.29 is 9.59 Å². The van der Waals surface area contributed by atoms with Gasteiger partial charge in [-0.1, -0.05) is 79.7 Å². The average molecular weight is 488 g/mol. The molecular formula is C28H45N3O2S. The Morgan fingerprint density at radius 2 is 1.82 bits per heavy atom. The van der Waals surface area contributed by atoms with Crippen LogP contribution in [0.25, 0.3) is 10.4 Å². The molecule has 1 saturated heterocycles. The Morgan fingerprint density at radius 3 is 2.26 bits per heavy atom. The topological polar surface area (TPSA) is 62.3 Å². The van der Waals surface area contributed by atoms with Crippen LogP contribution in [-0.2, 0) is 16.1 Å². The predicted molar refractivity (Wildman–Crippen MR) is 145 cm³/mol. The number of likely N-dealkylation sites (tertiary alicyclic amines) is 1. The first-order valence-electron chi connectivity index (χ1n) is 12.5. The number of hydrogen-bond donors (Lipinski definition) is 1. The van der Waals surface area contributed by atoms with Crippen molar-refractivity contribution in [2.24, 2.45) is 17.3 Å². The third-order valence-corrected chi connectivity index (χ3v) is 7.50. The van der Waals surface area contributed by atoms with Gasteiger partial charge < -0.3 is 10.2 Å². The zero-order valence-corrected chi connectivity index (χ0v) is 23.5. The van der Waals surface area contributed by atoms with Crippen LogP contribution in [0.4, 0.5) is 0 Å². The highest BCUT2D eigenvalue weighted by atomic mass is 32.1. The Morgan fingerprint density at radius 1 is 1.21 bits per heavy atom. The molecule has 0 spiro atoms. The van der Waals surface area contributed by atoms with E-state index in [4.69, 9.17) is 0 Å². The number of benzene rings is 1. The lowest BCUT2D eigenvalue weighted by molar-refractivity contribution is -0.131. The number of thiazole rings is 1. The zero-order chi connectivity index (χ0) is 25.9. The van der Waals surface area contributed by atoms with Gasteiger partial charge in [0.25, 0.3) is 0 Å². The molecule has 1 aliphatic heterocycles. The number of rotatable bonds is 6. The summed E-state index contributed by atoms with van der Waals surface area (Å²) in [6, 6.07) is 7.82. The second kappa shape index (κ2) is 14.2. The molecule has 2 heterocycles. The molecule has 0 aliphatic carbocycles. The molecule has 0 bridgehead atoms. The van der Waals surface area contributed by atoms with E-state index in [-0.39, 0.29) is 11.9 Å². The van der Waals surface area contributed by atoms with E-state index in [0.717, 1.165) is 47.9 Å². The molecular weight excluding hydrogens is 442 g/mol. The van der Waals surface area contributed by atoms with Crippen LogP contribution in [0.3, 0.4) is 0 Å². The molecule has 1 aromatic heterocycles. The molecule has 2 unspecified atom stereocenters. The number of nitrogens with zero attached hydrogens (tertiary/aromatic N) is 2. The molecule has 1 fully saturated rings. The van der Waals surface area contributed by atoms with Gasteiger partial charge in [-0.25, -0.2) is 4.98 Å². The third-order valence-electron chi connectivity index (χ3n) is 6.53. The second-order valence-corrected chi connectivity index (χ2v) is 10.9. The Balaban J connectivity index is 0.000000446. The second-order valence-electron chi connectivity index (χ2n) is 10.1. The van der Waals surface area contributed by atoms with E-state index < -0.39 is 0 Å². The molecule has 1 N–H and O–H groups in total. The minimum atomic E-state index is -0.313. The van der Waals surface area contributed by atoms with E-state index in [9.17, 15) is 9.59 Å². The molecule has 3 rings (SSSR count). The van der Waals surface area contributed by atoms with Crippen LogP contribution < -0.4 is 5.32 Å². The SMILES string of the molecule is CC.CC(C)C(C)C(C)(C)C.Cc1ncsc1-c1ccc(CNC(=O)C2CCCN2C=O)cc1. The molecule has 0 radical (unpaired) electrons. The van der Waals surface area contributed by atoms with E-state index in [1.807, 2.05) is 38.4 Å². The summed E-state index contributed by atoms with van der Waals surface area (Å²) in [5, 5.41) is 2.92. The zero-order valence-electron chi connectivity index (χ0n) is 22.6. The van der Waals surface area contributed by atoms with E-state index >= 15 is 0 Å². The first-order valence-corrected chi connectivity index (χ1v) is 13.4. The molecule has 34 heavy (non-hydrogen) atoms. The summed E-state index contributed by atoms with van der Waals surface area (Å²) >= 11 is 1.63. The lowest BCUT2D eigenvalue weighted by Gasteiger charge is -2.30. The summed E-state index contributed by atoms with van der Waals surface area (Å²) in [5.74, 6) is 1.56. The summed E-state index contributed by atoms with van der Waals surface area (Å²) in [6.45, 7) is 21.0. The van der Waals surface area contributed by atoms with Gasteiger partial charge in [0.2, 0.25) is 12.3 Å². The Bertz CT molecular complexity index is 869. The highest BCUT2D eigenvalue weighted by Crippen LogP contribution is 2.31. The monoisotopic (exact) mass is 487 g/mol. The fraction of sp³-hybridized carbons (Fsp3) is 0.607. The largest absolute Gasteiger partial charge is 0.350 e. The number of nitrogens with one attached hydrogen (secondary N) is 1. The van der Waals surface area contributed by atoms with Crippen LogP contribution in [0.1, 0.15) is 79.5 Å². The molecule has 2 atom stereocenters. The van der Waals surface area contributed by atoms with Crippen molar-refractivity contribution in [3.8, 4) is 10.4 Å². The van der Waals surface area contributed by atoms with Gasteiger partial charge >= 0.3 is 0 Å². The minimum Gasteiger partial charge on any atom is -0.350 e. The van der Waals surface area contributed by atoms with Gasteiger partial charge in [-0.15, -0.1) is 11.3 Å². The molecule has 2 amide bonds. The van der Waals surface area contributed by atoms with Crippen LogP contribution in [-0.4, -0.2) is 34.8 Å². The van der Waals surface area contributed by atoms with E-state index in [1.165, 1.54) is 4.88 Å². The maximum Gasteiger partial charge on any atom is 0.243 e. The van der Waals surface area contributed by atoms with Crippen molar-refractivity contribution in [1.82, 2.24) is 15.2 Å². The first-order chi connectivity index (χ1) is 16.0.